The van der Waals surface area contributed by atoms with Crippen LogP contribution in [0.1, 0.15) is 65.2 Å². The molecule has 0 spiro atoms. The molecule has 2 unspecified atom stereocenters. The van der Waals surface area contributed by atoms with E-state index in [0.717, 1.165) is 26.9 Å². The Balaban J connectivity index is 4.46. The standard InChI is InChI=1S/C19H32O7/c1-5-6-7-8-9-10-11-12-13-14-16(17(21)23-3)26-19(18(22)24-4)25-15(2)20/h12-13,16,19H,5-11,14H2,1-4H3/b13-12+. The van der Waals surface area contributed by atoms with Crippen LogP contribution in [0.3, 0.4) is 0 Å². The van der Waals surface area contributed by atoms with E-state index < -0.39 is 30.3 Å². The summed E-state index contributed by atoms with van der Waals surface area (Å²) in [6.45, 7) is 3.32. The summed E-state index contributed by atoms with van der Waals surface area (Å²) >= 11 is 0. The lowest BCUT2D eigenvalue weighted by atomic mass is 10.1. The molecule has 0 aliphatic heterocycles. The first-order valence-corrected chi connectivity index (χ1v) is 9.09. The highest BCUT2D eigenvalue weighted by Gasteiger charge is 2.30. The van der Waals surface area contributed by atoms with E-state index in [2.05, 4.69) is 16.4 Å². The third-order valence-electron chi connectivity index (χ3n) is 3.66. The molecule has 0 amide bonds. The average Bonchev–Trinajstić information content (AvgIpc) is 2.63. The van der Waals surface area contributed by atoms with E-state index in [1.54, 1.807) is 6.08 Å². The van der Waals surface area contributed by atoms with Crippen LogP contribution in [0.15, 0.2) is 12.2 Å². The summed E-state index contributed by atoms with van der Waals surface area (Å²) in [5.41, 5.74) is 0. The zero-order chi connectivity index (χ0) is 19.8. The number of hydrogen-bond donors (Lipinski definition) is 0. The van der Waals surface area contributed by atoms with Crippen LogP contribution in [0.4, 0.5) is 0 Å². The van der Waals surface area contributed by atoms with Crippen LogP contribution in [0.5, 0.6) is 0 Å². The second-order valence-corrected chi connectivity index (χ2v) is 5.88. The second-order valence-electron chi connectivity index (χ2n) is 5.88. The van der Waals surface area contributed by atoms with Gasteiger partial charge in [-0.15, -0.1) is 0 Å². The highest BCUT2D eigenvalue weighted by Crippen LogP contribution is 2.11. The summed E-state index contributed by atoms with van der Waals surface area (Å²) < 4.78 is 19.2. The fraction of sp³-hybridized carbons (Fsp3) is 0.737. The number of hydrogen-bond acceptors (Lipinski definition) is 7. The van der Waals surface area contributed by atoms with Crippen molar-refractivity contribution in [1.29, 1.82) is 0 Å². The fourth-order valence-electron chi connectivity index (χ4n) is 2.25. The molecule has 0 aromatic carbocycles. The van der Waals surface area contributed by atoms with Crippen LogP contribution in [0, 0.1) is 0 Å². The molecule has 26 heavy (non-hydrogen) atoms. The van der Waals surface area contributed by atoms with E-state index in [-0.39, 0.29) is 6.42 Å². The molecule has 7 heteroatoms. The quantitative estimate of drug-likeness (QED) is 0.152. The number of carbonyl (C=O) groups is 3. The van der Waals surface area contributed by atoms with E-state index in [1.165, 1.54) is 39.2 Å². The molecular weight excluding hydrogens is 340 g/mol. The number of unbranched alkanes of at least 4 members (excludes halogenated alkanes) is 6. The second kappa shape index (κ2) is 15.4. The van der Waals surface area contributed by atoms with E-state index in [0.29, 0.717) is 0 Å². The Morgan fingerprint density at radius 2 is 1.50 bits per heavy atom. The van der Waals surface area contributed by atoms with Gasteiger partial charge in [-0.05, 0) is 12.8 Å². The van der Waals surface area contributed by atoms with Gasteiger partial charge in [0, 0.05) is 13.3 Å². The lowest BCUT2D eigenvalue weighted by Gasteiger charge is -2.20. The number of allylic oxidation sites excluding steroid dienone is 1. The Labute approximate surface area is 156 Å². The maximum atomic E-state index is 11.8. The Kier molecular flexibility index (Phi) is 14.3. The first-order chi connectivity index (χ1) is 12.5. The van der Waals surface area contributed by atoms with Gasteiger partial charge >= 0.3 is 24.2 Å². The summed E-state index contributed by atoms with van der Waals surface area (Å²) in [6, 6.07) is 0. The van der Waals surface area contributed by atoms with Crippen molar-refractivity contribution in [3.05, 3.63) is 12.2 Å². The van der Waals surface area contributed by atoms with Crippen molar-refractivity contribution in [1.82, 2.24) is 0 Å². The van der Waals surface area contributed by atoms with Crippen LogP contribution < -0.4 is 0 Å². The van der Waals surface area contributed by atoms with Crippen LogP contribution in [-0.4, -0.2) is 44.5 Å². The summed E-state index contributed by atoms with van der Waals surface area (Å²) in [6.07, 6.45) is 9.49. The molecule has 0 N–H and O–H groups in total. The molecule has 0 aromatic heterocycles. The molecule has 0 aliphatic rings. The monoisotopic (exact) mass is 372 g/mol. The molecule has 0 fully saturated rings. The predicted octanol–water partition coefficient (Wildman–Crippen LogP) is 3.30. The molecule has 0 aromatic rings. The topological polar surface area (TPSA) is 88.1 Å². The predicted molar refractivity (Wildman–Crippen MR) is 96.2 cm³/mol. The van der Waals surface area contributed by atoms with Crippen molar-refractivity contribution < 1.29 is 33.3 Å². The van der Waals surface area contributed by atoms with E-state index in [1.807, 2.05) is 6.08 Å². The van der Waals surface area contributed by atoms with Gasteiger partial charge in [-0.3, -0.25) is 4.79 Å². The van der Waals surface area contributed by atoms with Gasteiger partial charge < -0.3 is 18.9 Å². The van der Waals surface area contributed by atoms with Gasteiger partial charge in [0.25, 0.3) is 0 Å². The van der Waals surface area contributed by atoms with E-state index in [9.17, 15) is 14.4 Å². The number of rotatable bonds is 14. The number of ether oxygens (including phenoxy) is 4. The van der Waals surface area contributed by atoms with Crippen LogP contribution in [-0.2, 0) is 33.3 Å². The number of carbonyl (C=O) groups excluding carboxylic acids is 3. The maximum absolute atomic E-state index is 11.8. The van der Waals surface area contributed by atoms with E-state index in [4.69, 9.17) is 9.47 Å². The zero-order valence-corrected chi connectivity index (χ0v) is 16.3. The molecule has 0 aliphatic carbocycles. The molecule has 0 rings (SSSR count). The Hall–Kier alpha value is -1.89. The zero-order valence-electron chi connectivity index (χ0n) is 16.3. The molecule has 2 atom stereocenters. The highest BCUT2D eigenvalue weighted by molar-refractivity contribution is 5.79. The normalized spacial score (nSPS) is 13.2. The largest absolute Gasteiger partial charge is 0.467 e. The SMILES string of the molecule is CCCCCCCC/C=C/CC(OC(OC(C)=O)C(=O)OC)C(=O)OC. The minimum atomic E-state index is -1.60. The van der Waals surface area contributed by atoms with Gasteiger partial charge in [0.05, 0.1) is 14.2 Å². The van der Waals surface area contributed by atoms with Crippen molar-refractivity contribution >= 4 is 17.9 Å². The van der Waals surface area contributed by atoms with Crippen molar-refractivity contribution in [2.45, 2.75) is 77.6 Å². The Morgan fingerprint density at radius 1 is 0.885 bits per heavy atom. The lowest BCUT2D eigenvalue weighted by molar-refractivity contribution is -0.211. The average molecular weight is 372 g/mol. The highest BCUT2D eigenvalue weighted by atomic mass is 16.7. The van der Waals surface area contributed by atoms with Crippen LogP contribution in [0.2, 0.25) is 0 Å². The van der Waals surface area contributed by atoms with Crippen molar-refractivity contribution in [2.24, 2.45) is 0 Å². The summed E-state index contributed by atoms with van der Waals surface area (Å²) in [5, 5.41) is 0. The molecule has 0 heterocycles. The van der Waals surface area contributed by atoms with Gasteiger partial charge in [-0.25, -0.2) is 9.59 Å². The third-order valence-corrected chi connectivity index (χ3v) is 3.66. The minimum Gasteiger partial charge on any atom is -0.467 e. The maximum Gasteiger partial charge on any atom is 0.376 e. The van der Waals surface area contributed by atoms with Crippen molar-refractivity contribution in [2.75, 3.05) is 14.2 Å². The first-order valence-electron chi connectivity index (χ1n) is 9.09. The smallest absolute Gasteiger partial charge is 0.376 e. The first kappa shape index (κ1) is 24.1. The lowest BCUT2D eigenvalue weighted by Crippen LogP contribution is -2.37. The van der Waals surface area contributed by atoms with Gasteiger partial charge in [0.15, 0.2) is 6.10 Å². The van der Waals surface area contributed by atoms with Gasteiger partial charge in [-0.1, -0.05) is 51.2 Å². The molecule has 0 radical (unpaired) electrons. The Bertz CT molecular complexity index is 445. The molecular formula is C19H32O7. The van der Waals surface area contributed by atoms with Gasteiger partial charge in [0.1, 0.15) is 0 Å². The van der Waals surface area contributed by atoms with E-state index >= 15 is 0 Å². The fourth-order valence-corrected chi connectivity index (χ4v) is 2.25. The summed E-state index contributed by atoms with van der Waals surface area (Å²) in [5.74, 6) is -2.27. The van der Waals surface area contributed by atoms with Gasteiger partial charge in [0.2, 0.25) is 0 Å². The summed E-state index contributed by atoms with van der Waals surface area (Å²) in [4.78, 5) is 34.5. The third kappa shape index (κ3) is 11.6. The Morgan fingerprint density at radius 3 is 2.08 bits per heavy atom. The number of esters is 3. The van der Waals surface area contributed by atoms with Gasteiger partial charge in [-0.2, -0.15) is 0 Å². The summed E-state index contributed by atoms with van der Waals surface area (Å²) in [7, 11) is 2.35. The van der Waals surface area contributed by atoms with Crippen LogP contribution >= 0.6 is 0 Å². The molecule has 0 saturated heterocycles. The van der Waals surface area contributed by atoms with Crippen molar-refractivity contribution in [3.8, 4) is 0 Å². The molecule has 0 bridgehead atoms. The molecule has 0 saturated carbocycles. The molecule has 7 nitrogen and oxygen atoms in total. The van der Waals surface area contributed by atoms with Crippen LogP contribution in [0.25, 0.3) is 0 Å². The number of methoxy groups -OCH3 is 2. The minimum absolute atomic E-state index is 0.206. The molecule has 150 valence electrons. The van der Waals surface area contributed by atoms with Crippen molar-refractivity contribution in [3.63, 3.8) is 0 Å².